The summed E-state index contributed by atoms with van der Waals surface area (Å²) in [5.41, 5.74) is 1.40. The molecule has 0 amide bonds. The summed E-state index contributed by atoms with van der Waals surface area (Å²) >= 11 is 0. The highest BCUT2D eigenvalue weighted by atomic mass is 16.5. The van der Waals surface area contributed by atoms with Gasteiger partial charge in [0.25, 0.3) is 0 Å². The fraction of sp³-hybridized carbons (Fsp3) is 0.867. The average molecular weight is 239 g/mol. The number of nitrogens with one attached hydrogen (secondary N) is 1. The van der Waals surface area contributed by atoms with Crippen molar-refractivity contribution >= 4 is 0 Å². The summed E-state index contributed by atoms with van der Waals surface area (Å²) < 4.78 is 5.90. The van der Waals surface area contributed by atoms with E-state index in [1.165, 1.54) is 37.7 Å². The van der Waals surface area contributed by atoms with E-state index in [9.17, 15) is 0 Å². The van der Waals surface area contributed by atoms with Crippen molar-refractivity contribution in [2.24, 2.45) is 0 Å². The molecule has 17 heavy (non-hydrogen) atoms. The van der Waals surface area contributed by atoms with Crippen molar-refractivity contribution in [3.05, 3.63) is 12.2 Å². The van der Waals surface area contributed by atoms with Gasteiger partial charge in [-0.25, -0.2) is 0 Å². The molecule has 0 aromatic rings. The van der Waals surface area contributed by atoms with E-state index < -0.39 is 0 Å². The first-order chi connectivity index (χ1) is 8.18. The zero-order valence-corrected chi connectivity index (χ0v) is 11.8. The summed E-state index contributed by atoms with van der Waals surface area (Å²) in [4.78, 5) is 0. The predicted octanol–water partition coefficient (Wildman–Crippen LogP) is 3.67. The highest BCUT2D eigenvalue weighted by Gasteiger charge is 2.41. The van der Waals surface area contributed by atoms with E-state index in [0.29, 0.717) is 6.04 Å². The highest BCUT2D eigenvalue weighted by Crippen LogP contribution is 2.37. The SMILES string of the molecule is C=C(CC)CC(NCCC)C1(OC)CCCC1. The van der Waals surface area contributed by atoms with Crippen LogP contribution in [0.3, 0.4) is 0 Å². The van der Waals surface area contributed by atoms with E-state index in [1.807, 2.05) is 7.11 Å². The van der Waals surface area contributed by atoms with E-state index in [4.69, 9.17) is 4.74 Å². The molecule has 2 nitrogen and oxygen atoms in total. The summed E-state index contributed by atoms with van der Waals surface area (Å²) in [6.07, 6.45) is 8.31. The average Bonchev–Trinajstić information content (AvgIpc) is 2.83. The van der Waals surface area contributed by atoms with Gasteiger partial charge in [-0.3, -0.25) is 0 Å². The van der Waals surface area contributed by atoms with Gasteiger partial charge in [-0.1, -0.05) is 38.8 Å². The van der Waals surface area contributed by atoms with Gasteiger partial charge >= 0.3 is 0 Å². The number of rotatable bonds is 8. The third kappa shape index (κ3) is 3.82. The van der Waals surface area contributed by atoms with Crippen LogP contribution in [-0.2, 0) is 4.74 Å². The molecule has 100 valence electrons. The molecule has 1 fully saturated rings. The van der Waals surface area contributed by atoms with Crippen molar-refractivity contribution in [3.8, 4) is 0 Å². The monoisotopic (exact) mass is 239 g/mol. The number of hydrogen-bond donors (Lipinski definition) is 1. The van der Waals surface area contributed by atoms with Gasteiger partial charge in [0, 0.05) is 13.2 Å². The van der Waals surface area contributed by atoms with Crippen LogP contribution in [0.15, 0.2) is 12.2 Å². The van der Waals surface area contributed by atoms with Crippen LogP contribution in [0.5, 0.6) is 0 Å². The summed E-state index contributed by atoms with van der Waals surface area (Å²) in [5.74, 6) is 0. The van der Waals surface area contributed by atoms with Crippen LogP contribution in [0.1, 0.15) is 58.8 Å². The Kier molecular flexibility index (Phi) is 6.21. The second-order valence-electron chi connectivity index (χ2n) is 5.29. The highest BCUT2D eigenvalue weighted by molar-refractivity contribution is 5.05. The van der Waals surface area contributed by atoms with Crippen LogP contribution in [0.4, 0.5) is 0 Å². The maximum Gasteiger partial charge on any atom is 0.0834 e. The molecule has 1 aliphatic rings. The molecular formula is C15H29NO. The van der Waals surface area contributed by atoms with Crippen LogP contribution in [0.25, 0.3) is 0 Å². The Labute approximate surface area is 107 Å². The first-order valence-electron chi connectivity index (χ1n) is 7.13. The molecule has 0 radical (unpaired) electrons. The normalized spacial score (nSPS) is 20.4. The molecule has 0 aromatic heterocycles. The molecule has 1 atom stereocenters. The van der Waals surface area contributed by atoms with Crippen molar-refractivity contribution in [3.63, 3.8) is 0 Å². The molecular weight excluding hydrogens is 210 g/mol. The second kappa shape index (κ2) is 7.17. The Balaban J connectivity index is 2.68. The van der Waals surface area contributed by atoms with Crippen molar-refractivity contribution in [1.29, 1.82) is 0 Å². The summed E-state index contributed by atoms with van der Waals surface area (Å²) in [6.45, 7) is 9.64. The molecule has 0 aromatic carbocycles. The van der Waals surface area contributed by atoms with Crippen LogP contribution in [-0.4, -0.2) is 25.3 Å². The summed E-state index contributed by atoms with van der Waals surface area (Å²) in [7, 11) is 1.88. The Morgan fingerprint density at radius 2 is 2.00 bits per heavy atom. The molecule has 1 aliphatic carbocycles. The lowest BCUT2D eigenvalue weighted by molar-refractivity contribution is -0.0355. The van der Waals surface area contributed by atoms with E-state index in [-0.39, 0.29) is 5.60 Å². The molecule has 0 aliphatic heterocycles. The van der Waals surface area contributed by atoms with Gasteiger partial charge in [0.2, 0.25) is 0 Å². The van der Waals surface area contributed by atoms with Crippen molar-refractivity contribution in [1.82, 2.24) is 5.32 Å². The topological polar surface area (TPSA) is 21.3 Å². The molecule has 0 heterocycles. The summed E-state index contributed by atoms with van der Waals surface area (Å²) in [5, 5.41) is 3.68. The molecule has 0 spiro atoms. The third-order valence-corrected chi connectivity index (χ3v) is 4.13. The molecule has 2 heteroatoms. The van der Waals surface area contributed by atoms with Crippen LogP contribution < -0.4 is 5.32 Å². The minimum atomic E-state index is 0.0628. The first-order valence-corrected chi connectivity index (χ1v) is 7.13. The lowest BCUT2D eigenvalue weighted by atomic mass is 9.87. The minimum Gasteiger partial charge on any atom is -0.377 e. The van der Waals surface area contributed by atoms with E-state index in [0.717, 1.165) is 19.4 Å². The maximum absolute atomic E-state index is 5.90. The zero-order valence-electron chi connectivity index (χ0n) is 11.8. The summed E-state index contributed by atoms with van der Waals surface area (Å²) in [6, 6.07) is 0.447. The number of ether oxygens (including phenoxy) is 1. The fourth-order valence-electron chi connectivity index (χ4n) is 2.86. The quantitative estimate of drug-likeness (QED) is 0.653. The smallest absolute Gasteiger partial charge is 0.0834 e. The van der Waals surface area contributed by atoms with Crippen molar-refractivity contribution < 1.29 is 4.74 Å². The lowest BCUT2D eigenvalue weighted by Crippen LogP contribution is -2.50. The van der Waals surface area contributed by atoms with Crippen molar-refractivity contribution in [2.75, 3.05) is 13.7 Å². The van der Waals surface area contributed by atoms with Crippen LogP contribution in [0, 0.1) is 0 Å². The maximum atomic E-state index is 5.90. The van der Waals surface area contributed by atoms with Crippen LogP contribution in [0.2, 0.25) is 0 Å². The Morgan fingerprint density at radius 1 is 1.35 bits per heavy atom. The molecule has 1 N–H and O–H groups in total. The van der Waals surface area contributed by atoms with Gasteiger partial charge in [0.15, 0.2) is 0 Å². The van der Waals surface area contributed by atoms with Gasteiger partial charge in [-0.15, -0.1) is 0 Å². The van der Waals surface area contributed by atoms with E-state index in [2.05, 4.69) is 25.7 Å². The standard InChI is InChI=1S/C15H29NO/c1-5-11-16-14(12-13(3)6-2)15(17-4)9-7-8-10-15/h14,16H,3,5-12H2,1-2,4H3. The second-order valence-corrected chi connectivity index (χ2v) is 5.29. The number of hydrogen-bond acceptors (Lipinski definition) is 2. The number of methoxy groups -OCH3 is 1. The Bertz CT molecular complexity index is 231. The van der Waals surface area contributed by atoms with Gasteiger partial charge < -0.3 is 10.1 Å². The largest absolute Gasteiger partial charge is 0.377 e. The van der Waals surface area contributed by atoms with Gasteiger partial charge in [0.1, 0.15) is 0 Å². The molecule has 1 saturated carbocycles. The molecule has 0 bridgehead atoms. The molecule has 0 saturated heterocycles. The Hall–Kier alpha value is -0.340. The zero-order chi connectivity index (χ0) is 12.7. The van der Waals surface area contributed by atoms with Crippen molar-refractivity contribution in [2.45, 2.75) is 70.4 Å². The van der Waals surface area contributed by atoms with Crippen LogP contribution >= 0.6 is 0 Å². The van der Waals surface area contributed by atoms with Gasteiger partial charge in [-0.05, 0) is 38.6 Å². The third-order valence-electron chi connectivity index (χ3n) is 4.13. The molecule has 1 rings (SSSR count). The van der Waals surface area contributed by atoms with E-state index in [1.54, 1.807) is 0 Å². The van der Waals surface area contributed by atoms with E-state index >= 15 is 0 Å². The lowest BCUT2D eigenvalue weighted by Gasteiger charge is -2.37. The first kappa shape index (κ1) is 14.7. The predicted molar refractivity (Wildman–Crippen MR) is 74.3 cm³/mol. The fourth-order valence-corrected chi connectivity index (χ4v) is 2.86. The van der Waals surface area contributed by atoms with Gasteiger partial charge in [-0.2, -0.15) is 0 Å². The minimum absolute atomic E-state index is 0.0628. The molecule has 1 unspecified atom stereocenters. The Morgan fingerprint density at radius 3 is 2.47 bits per heavy atom. The van der Waals surface area contributed by atoms with Gasteiger partial charge in [0.05, 0.1) is 5.60 Å².